The van der Waals surface area contributed by atoms with Crippen molar-refractivity contribution in [2.24, 2.45) is 7.05 Å². The van der Waals surface area contributed by atoms with Gasteiger partial charge in [0.2, 0.25) is 5.91 Å². The summed E-state index contributed by atoms with van der Waals surface area (Å²) in [6.45, 7) is 4.16. The van der Waals surface area contributed by atoms with Crippen molar-refractivity contribution in [2.75, 3.05) is 26.8 Å². The van der Waals surface area contributed by atoms with Crippen LogP contribution in [-0.4, -0.2) is 59.0 Å². The number of methoxy groups -OCH3 is 1. The first-order valence-corrected chi connectivity index (χ1v) is 9.89. The number of carbonyl (C=O) groups excluding carboxylic acids is 2. The summed E-state index contributed by atoms with van der Waals surface area (Å²) in [7, 11) is 3.40. The van der Waals surface area contributed by atoms with Crippen LogP contribution in [0.1, 0.15) is 35.5 Å². The minimum Gasteiger partial charge on any atom is -0.383 e. The molecule has 0 N–H and O–H groups in total. The summed E-state index contributed by atoms with van der Waals surface area (Å²) in [5.74, 6) is -0.938. The number of rotatable bonds is 9. The molecule has 1 aromatic carbocycles. The highest BCUT2D eigenvalue weighted by Crippen LogP contribution is 2.29. The van der Waals surface area contributed by atoms with Gasteiger partial charge in [-0.05, 0) is 44.2 Å². The highest BCUT2D eigenvalue weighted by molar-refractivity contribution is 5.96. The molecule has 2 rings (SSSR count). The normalized spacial score (nSPS) is 11.6. The van der Waals surface area contributed by atoms with Crippen molar-refractivity contribution in [3.05, 3.63) is 59.4 Å². The summed E-state index contributed by atoms with van der Waals surface area (Å²) in [6.07, 6.45) is -2.69. The monoisotopic (exact) mass is 439 g/mol. The lowest BCUT2D eigenvalue weighted by Crippen LogP contribution is -2.46. The van der Waals surface area contributed by atoms with Crippen LogP contribution >= 0.6 is 0 Å². The van der Waals surface area contributed by atoms with Gasteiger partial charge in [0, 0.05) is 44.2 Å². The van der Waals surface area contributed by atoms with Crippen molar-refractivity contribution in [1.82, 2.24) is 14.4 Å². The topological polar surface area (TPSA) is 54.8 Å². The number of nitrogens with zero attached hydrogens (tertiary/aromatic N) is 3. The van der Waals surface area contributed by atoms with Gasteiger partial charge in [0.15, 0.2) is 0 Å². The van der Waals surface area contributed by atoms with Gasteiger partial charge in [-0.15, -0.1) is 0 Å². The second-order valence-corrected chi connectivity index (χ2v) is 7.52. The Kier molecular flexibility index (Phi) is 8.27. The third-order valence-electron chi connectivity index (χ3n) is 4.95. The number of hydrogen-bond acceptors (Lipinski definition) is 3. The summed E-state index contributed by atoms with van der Waals surface area (Å²) in [5.41, 5.74) is -0.106. The van der Waals surface area contributed by atoms with Crippen molar-refractivity contribution < 1.29 is 27.5 Å². The summed E-state index contributed by atoms with van der Waals surface area (Å²) in [4.78, 5) is 28.9. The molecule has 1 heterocycles. The summed E-state index contributed by atoms with van der Waals surface area (Å²) < 4.78 is 46.1. The summed E-state index contributed by atoms with van der Waals surface area (Å²) >= 11 is 0. The maximum atomic E-state index is 13.1. The minimum atomic E-state index is -4.55. The number of aryl methyl sites for hydroxylation is 1. The number of halogens is 3. The quantitative estimate of drug-likeness (QED) is 0.600. The fourth-order valence-electron chi connectivity index (χ4n) is 3.08. The van der Waals surface area contributed by atoms with E-state index < -0.39 is 17.6 Å². The molecule has 0 saturated heterocycles. The molecule has 0 radical (unpaired) electrons. The zero-order valence-electron chi connectivity index (χ0n) is 18.1. The lowest BCUT2D eigenvalue weighted by Gasteiger charge is -2.30. The van der Waals surface area contributed by atoms with Gasteiger partial charge >= 0.3 is 6.18 Å². The molecule has 9 heteroatoms. The van der Waals surface area contributed by atoms with Crippen LogP contribution in [0.3, 0.4) is 0 Å². The average Bonchev–Trinajstić information content (AvgIpc) is 3.12. The molecule has 0 aliphatic carbocycles. The molecule has 2 aromatic rings. The Morgan fingerprint density at radius 1 is 1.16 bits per heavy atom. The first kappa shape index (κ1) is 24.5. The van der Waals surface area contributed by atoms with Crippen LogP contribution in [0.5, 0.6) is 0 Å². The lowest BCUT2D eigenvalue weighted by molar-refractivity contribution is -0.137. The van der Waals surface area contributed by atoms with E-state index in [4.69, 9.17) is 4.74 Å². The number of amides is 2. The molecule has 2 amide bonds. The van der Waals surface area contributed by atoms with Gasteiger partial charge < -0.3 is 19.1 Å². The Morgan fingerprint density at radius 3 is 2.42 bits per heavy atom. The van der Waals surface area contributed by atoms with Gasteiger partial charge in [0.25, 0.3) is 5.91 Å². The average molecular weight is 439 g/mol. The summed E-state index contributed by atoms with van der Waals surface area (Å²) in [5, 5.41) is 0. The molecule has 170 valence electrons. The van der Waals surface area contributed by atoms with Gasteiger partial charge in [0.1, 0.15) is 6.54 Å². The van der Waals surface area contributed by atoms with Gasteiger partial charge in [-0.25, -0.2) is 0 Å². The number of hydrogen-bond donors (Lipinski definition) is 0. The Labute approximate surface area is 180 Å². The van der Waals surface area contributed by atoms with Crippen LogP contribution in [0.15, 0.2) is 42.6 Å². The highest BCUT2D eigenvalue weighted by atomic mass is 19.4. The Bertz CT molecular complexity index is 893. The van der Waals surface area contributed by atoms with E-state index >= 15 is 0 Å². The maximum absolute atomic E-state index is 13.1. The molecule has 0 aliphatic rings. The largest absolute Gasteiger partial charge is 0.416 e. The van der Waals surface area contributed by atoms with Gasteiger partial charge in [-0.2, -0.15) is 13.2 Å². The van der Waals surface area contributed by atoms with E-state index in [1.54, 1.807) is 18.7 Å². The molecule has 0 atom stereocenters. The third kappa shape index (κ3) is 6.58. The number of alkyl halides is 3. The van der Waals surface area contributed by atoms with E-state index in [1.165, 1.54) is 24.1 Å². The van der Waals surface area contributed by atoms with Crippen molar-refractivity contribution in [3.8, 4) is 0 Å². The van der Waals surface area contributed by atoms with Crippen LogP contribution in [0, 0.1) is 0 Å². The molecule has 0 aliphatic heterocycles. The fourth-order valence-corrected chi connectivity index (χ4v) is 3.08. The molecular weight excluding hydrogens is 411 g/mol. The smallest absolute Gasteiger partial charge is 0.383 e. The second-order valence-electron chi connectivity index (χ2n) is 7.52. The zero-order chi connectivity index (χ0) is 23.2. The van der Waals surface area contributed by atoms with E-state index in [-0.39, 0.29) is 24.1 Å². The maximum Gasteiger partial charge on any atom is 0.416 e. The first-order valence-electron chi connectivity index (χ1n) is 9.89. The fraction of sp³-hybridized carbons (Fsp3) is 0.455. The molecule has 0 spiro atoms. The first-order chi connectivity index (χ1) is 14.5. The van der Waals surface area contributed by atoms with E-state index in [9.17, 15) is 22.8 Å². The predicted octanol–water partition coefficient (Wildman–Crippen LogP) is 3.57. The molecule has 31 heavy (non-hydrogen) atoms. The van der Waals surface area contributed by atoms with Gasteiger partial charge in [-0.3, -0.25) is 9.59 Å². The van der Waals surface area contributed by atoms with Gasteiger partial charge in [0.05, 0.1) is 18.7 Å². The number of benzene rings is 1. The zero-order valence-corrected chi connectivity index (χ0v) is 18.1. The van der Waals surface area contributed by atoms with E-state index in [1.807, 2.05) is 29.9 Å². The summed E-state index contributed by atoms with van der Waals surface area (Å²) in [6, 6.07) is 7.61. The number of carbonyl (C=O) groups is 2. The molecule has 1 aromatic heterocycles. The molecule has 0 unspecified atom stereocenters. The minimum absolute atomic E-state index is 0.109. The highest BCUT2D eigenvalue weighted by Gasteiger charge is 2.32. The Hall–Kier alpha value is -2.81. The molecule has 0 saturated carbocycles. The van der Waals surface area contributed by atoms with Crippen LogP contribution < -0.4 is 0 Å². The number of aromatic nitrogens is 1. The van der Waals surface area contributed by atoms with Crippen LogP contribution in [0.25, 0.3) is 0 Å². The van der Waals surface area contributed by atoms with E-state index in [0.717, 1.165) is 17.8 Å². The number of ether oxygens (including phenoxy) is 1. The standard InChI is InChI=1S/C22H28F3N3O3/c1-16(2)28(21(30)17-7-5-8-18(13-17)22(23,24)25)15-20(29)27(11-12-31-4)14-19-9-6-10-26(19)3/h5-10,13,16H,11-12,14-15H2,1-4H3. The Morgan fingerprint density at radius 2 is 1.87 bits per heavy atom. The van der Waals surface area contributed by atoms with E-state index in [2.05, 4.69) is 0 Å². The van der Waals surface area contributed by atoms with Gasteiger partial charge in [-0.1, -0.05) is 6.07 Å². The van der Waals surface area contributed by atoms with Crippen LogP contribution in [-0.2, 0) is 29.3 Å². The van der Waals surface area contributed by atoms with E-state index in [0.29, 0.717) is 19.7 Å². The van der Waals surface area contributed by atoms with Crippen molar-refractivity contribution in [2.45, 2.75) is 32.6 Å². The van der Waals surface area contributed by atoms with Crippen LogP contribution in [0.2, 0.25) is 0 Å². The SMILES string of the molecule is COCCN(Cc1cccn1C)C(=O)CN(C(=O)c1cccc(C(F)(F)F)c1)C(C)C. The molecule has 0 bridgehead atoms. The predicted molar refractivity (Wildman–Crippen MR) is 110 cm³/mol. The molecular formula is C22H28F3N3O3. The van der Waals surface area contributed by atoms with Crippen molar-refractivity contribution >= 4 is 11.8 Å². The van der Waals surface area contributed by atoms with Crippen molar-refractivity contribution in [1.29, 1.82) is 0 Å². The van der Waals surface area contributed by atoms with Crippen molar-refractivity contribution in [3.63, 3.8) is 0 Å². The lowest BCUT2D eigenvalue weighted by atomic mass is 10.1. The molecule has 6 nitrogen and oxygen atoms in total. The molecule has 0 fully saturated rings. The van der Waals surface area contributed by atoms with Crippen LogP contribution in [0.4, 0.5) is 13.2 Å². The second kappa shape index (κ2) is 10.5. The Balaban J connectivity index is 2.22. The third-order valence-corrected chi connectivity index (χ3v) is 4.95.